The van der Waals surface area contributed by atoms with E-state index < -0.39 is 0 Å². The second kappa shape index (κ2) is 5.54. The van der Waals surface area contributed by atoms with E-state index in [2.05, 4.69) is 9.97 Å². The molecule has 0 saturated carbocycles. The van der Waals surface area contributed by atoms with Crippen molar-refractivity contribution in [2.24, 2.45) is 0 Å². The molecule has 0 N–H and O–H groups in total. The average molecular weight is 396 g/mol. The molecule has 0 spiro atoms. The smallest absolute Gasteiger partial charge is 0.267 e. The van der Waals surface area contributed by atoms with Gasteiger partial charge in [-0.2, -0.15) is 0 Å². The zero-order valence-electron chi connectivity index (χ0n) is 9.32. The number of aromatic nitrogens is 3. The molecule has 0 aliphatic rings. The highest BCUT2D eigenvalue weighted by molar-refractivity contribution is 14.1. The fourth-order valence-electron chi connectivity index (χ4n) is 1.46. The van der Waals surface area contributed by atoms with Gasteiger partial charge in [-0.15, -0.1) is 0 Å². The Morgan fingerprint density at radius 2 is 2.11 bits per heavy atom. The molecule has 0 aliphatic carbocycles. The summed E-state index contributed by atoms with van der Waals surface area (Å²) in [6.45, 7) is 2.02. The van der Waals surface area contributed by atoms with Gasteiger partial charge in [0.15, 0.2) is 0 Å². The molecular formula is C11H8Cl2IN3O. The van der Waals surface area contributed by atoms with E-state index in [1.54, 1.807) is 25.3 Å². The fraction of sp³-hybridized carbons (Fsp3) is 0.182. The highest BCUT2D eigenvalue weighted by atomic mass is 127. The van der Waals surface area contributed by atoms with E-state index in [1.165, 1.54) is 4.57 Å². The van der Waals surface area contributed by atoms with Crippen molar-refractivity contribution in [2.75, 3.05) is 0 Å². The summed E-state index contributed by atoms with van der Waals surface area (Å²) in [5, 5.41) is 0.822. The summed E-state index contributed by atoms with van der Waals surface area (Å²) < 4.78 is 2.07. The minimum Gasteiger partial charge on any atom is -0.290 e. The Labute approximate surface area is 127 Å². The van der Waals surface area contributed by atoms with E-state index in [0.29, 0.717) is 25.3 Å². The third kappa shape index (κ3) is 2.84. The first kappa shape index (κ1) is 13.8. The number of hydrogen-bond acceptors (Lipinski definition) is 3. The summed E-state index contributed by atoms with van der Waals surface area (Å²) in [6, 6.07) is 3.27. The third-order valence-corrected chi connectivity index (χ3v) is 3.69. The van der Waals surface area contributed by atoms with Crippen LogP contribution in [-0.4, -0.2) is 14.5 Å². The molecule has 4 nitrogen and oxygen atoms in total. The van der Waals surface area contributed by atoms with Crippen LogP contribution in [0.3, 0.4) is 0 Å². The normalized spacial score (nSPS) is 10.7. The van der Waals surface area contributed by atoms with Gasteiger partial charge in [0.1, 0.15) is 11.0 Å². The minimum atomic E-state index is -0.110. The quantitative estimate of drug-likeness (QED) is 0.580. The van der Waals surface area contributed by atoms with Crippen LogP contribution in [0.15, 0.2) is 23.1 Å². The summed E-state index contributed by atoms with van der Waals surface area (Å²) >= 11 is 13.8. The molecule has 0 amide bonds. The fourth-order valence-corrected chi connectivity index (χ4v) is 2.22. The molecule has 18 heavy (non-hydrogen) atoms. The van der Waals surface area contributed by atoms with Crippen LogP contribution < -0.4 is 5.56 Å². The van der Waals surface area contributed by atoms with E-state index in [0.717, 1.165) is 0 Å². The SMILES string of the molecule is Cc1ncc(I)c(=O)n1Cc1nc(Cl)ccc1Cl. The number of rotatable bonds is 2. The molecule has 0 fully saturated rings. The van der Waals surface area contributed by atoms with Crippen LogP contribution in [0.4, 0.5) is 0 Å². The van der Waals surface area contributed by atoms with Gasteiger partial charge in [0.25, 0.3) is 5.56 Å². The van der Waals surface area contributed by atoms with Gasteiger partial charge in [-0.25, -0.2) is 9.97 Å². The van der Waals surface area contributed by atoms with Crippen molar-refractivity contribution in [1.82, 2.24) is 14.5 Å². The predicted octanol–water partition coefficient (Wildman–Crippen LogP) is 2.91. The molecule has 0 radical (unpaired) electrons. The monoisotopic (exact) mass is 395 g/mol. The van der Waals surface area contributed by atoms with Gasteiger partial charge in [-0.1, -0.05) is 23.2 Å². The molecular weight excluding hydrogens is 388 g/mol. The maximum absolute atomic E-state index is 12.0. The maximum Gasteiger partial charge on any atom is 0.267 e. The van der Waals surface area contributed by atoms with Crippen molar-refractivity contribution in [3.8, 4) is 0 Å². The van der Waals surface area contributed by atoms with E-state index in [1.807, 2.05) is 22.6 Å². The van der Waals surface area contributed by atoms with Crippen LogP contribution in [0, 0.1) is 10.5 Å². The van der Waals surface area contributed by atoms with Gasteiger partial charge in [0, 0.05) is 6.20 Å². The van der Waals surface area contributed by atoms with Crippen LogP contribution in [0.25, 0.3) is 0 Å². The second-order valence-electron chi connectivity index (χ2n) is 3.61. The highest BCUT2D eigenvalue weighted by Gasteiger charge is 2.10. The molecule has 2 aromatic rings. The molecule has 0 saturated heterocycles. The molecule has 2 rings (SSSR count). The van der Waals surface area contributed by atoms with E-state index >= 15 is 0 Å². The Morgan fingerprint density at radius 1 is 1.39 bits per heavy atom. The molecule has 0 unspecified atom stereocenters. The molecule has 2 aromatic heterocycles. The van der Waals surface area contributed by atoms with Crippen LogP contribution in [0.5, 0.6) is 0 Å². The van der Waals surface area contributed by atoms with Gasteiger partial charge in [0.05, 0.1) is 20.8 Å². The van der Waals surface area contributed by atoms with Gasteiger partial charge < -0.3 is 0 Å². The summed E-state index contributed by atoms with van der Waals surface area (Å²) in [7, 11) is 0. The van der Waals surface area contributed by atoms with Crippen LogP contribution >= 0.6 is 45.8 Å². The van der Waals surface area contributed by atoms with Crippen molar-refractivity contribution in [3.63, 3.8) is 0 Å². The standard InChI is InChI=1S/C11H8Cl2IN3O/c1-6-15-4-8(14)11(18)17(6)5-9-7(12)2-3-10(13)16-9/h2-4H,5H2,1H3. The van der Waals surface area contributed by atoms with Crippen LogP contribution in [0.2, 0.25) is 10.2 Å². The summed E-state index contributed by atoms with van der Waals surface area (Å²) in [4.78, 5) is 20.3. The van der Waals surface area contributed by atoms with Crippen molar-refractivity contribution in [1.29, 1.82) is 0 Å². The molecule has 0 aliphatic heterocycles. The van der Waals surface area contributed by atoms with Crippen LogP contribution in [0.1, 0.15) is 11.5 Å². The lowest BCUT2D eigenvalue weighted by molar-refractivity contribution is 0.681. The summed E-state index contributed by atoms with van der Waals surface area (Å²) in [6.07, 6.45) is 1.54. The largest absolute Gasteiger partial charge is 0.290 e. The zero-order chi connectivity index (χ0) is 13.3. The van der Waals surface area contributed by atoms with E-state index in [-0.39, 0.29) is 12.1 Å². The van der Waals surface area contributed by atoms with Crippen molar-refractivity contribution >= 4 is 45.8 Å². The molecule has 7 heteroatoms. The second-order valence-corrected chi connectivity index (χ2v) is 5.56. The van der Waals surface area contributed by atoms with Crippen molar-refractivity contribution in [3.05, 3.63) is 53.9 Å². The lowest BCUT2D eigenvalue weighted by atomic mass is 10.3. The Balaban J connectivity index is 2.49. The molecule has 0 bridgehead atoms. The number of pyridine rings is 1. The lowest BCUT2D eigenvalue weighted by Gasteiger charge is -2.10. The van der Waals surface area contributed by atoms with Crippen molar-refractivity contribution in [2.45, 2.75) is 13.5 Å². The van der Waals surface area contributed by atoms with Gasteiger partial charge in [0.2, 0.25) is 0 Å². The Kier molecular flexibility index (Phi) is 4.24. The number of hydrogen-bond donors (Lipinski definition) is 0. The molecule has 0 atom stereocenters. The van der Waals surface area contributed by atoms with Gasteiger partial charge in [-0.05, 0) is 41.6 Å². The van der Waals surface area contributed by atoms with Gasteiger partial charge >= 0.3 is 0 Å². The minimum absolute atomic E-state index is 0.110. The topological polar surface area (TPSA) is 47.8 Å². The van der Waals surface area contributed by atoms with Gasteiger partial charge in [-0.3, -0.25) is 9.36 Å². The molecule has 2 heterocycles. The Bertz CT molecular complexity index is 657. The first-order valence-corrected chi connectivity index (χ1v) is 6.85. The van der Waals surface area contributed by atoms with Crippen molar-refractivity contribution < 1.29 is 0 Å². The summed E-state index contributed by atoms with van der Waals surface area (Å²) in [5.41, 5.74) is 0.444. The highest BCUT2D eigenvalue weighted by Crippen LogP contribution is 2.17. The maximum atomic E-state index is 12.0. The van der Waals surface area contributed by atoms with E-state index in [4.69, 9.17) is 23.2 Å². The lowest BCUT2D eigenvalue weighted by Crippen LogP contribution is -2.26. The number of nitrogens with zero attached hydrogens (tertiary/aromatic N) is 3. The van der Waals surface area contributed by atoms with Crippen LogP contribution in [-0.2, 0) is 6.54 Å². The molecule has 94 valence electrons. The first-order chi connectivity index (χ1) is 8.49. The average Bonchev–Trinajstić information content (AvgIpc) is 2.34. The Morgan fingerprint density at radius 3 is 2.83 bits per heavy atom. The zero-order valence-corrected chi connectivity index (χ0v) is 13.0. The third-order valence-electron chi connectivity index (χ3n) is 2.40. The first-order valence-electron chi connectivity index (χ1n) is 5.02. The Hall–Kier alpha value is -0.660. The number of aryl methyl sites for hydroxylation is 1. The number of halogens is 3. The molecule has 0 aromatic carbocycles. The van der Waals surface area contributed by atoms with E-state index in [9.17, 15) is 4.79 Å². The predicted molar refractivity (Wildman–Crippen MR) is 79.3 cm³/mol. The summed E-state index contributed by atoms with van der Waals surface area (Å²) in [5.74, 6) is 0.609.